The highest BCUT2D eigenvalue weighted by Crippen LogP contribution is 2.33. The molecule has 1 aliphatic rings. The SMILES string of the molecule is Cc1ccc(NC(=O)CN2C(=O)S/C(=C\c3cccn3-c3cccc([N+](=O)[O-])c3)C2=O)c(C)c1. The Balaban J connectivity index is 1.52. The Labute approximate surface area is 199 Å². The zero-order chi connectivity index (χ0) is 24.4. The number of carbonyl (C=O) groups excluding carboxylic acids is 3. The van der Waals surface area contributed by atoms with E-state index in [-0.39, 0.29) is 10.6 Å². The number of nitrogens with zero attached hydrogens (tertiary/aromatic N) is 3. The van der Waals surface area contributed by atoms with Gasteiger partial charge in [0.15, 0.2) is 0 Å². The smallest absolute Gasteiger partial charge is 0.294 e. The third-order valence-electron chi connectivity index (χ3n) is 5.21. The maximum Gasteiger partial charge on any atom is 0.294 e. The minimum Gasteiger partial charge on any atom is -0.324 e. The first kappa shape index (κ1) is 23.0. The lowest BCUT2D eigenvalue weighted by molar-refractivity contribution is -0.384. The number of non-ortho nitro benzene ring substituents is 1. The number of aromatic nitrogens is 1. The van der Waals surface area contributed by atoms with Gasteiger partial charge in [-0.05, 0) is 61.5 Å². The van der Waals surface area contributed by atoms with Crippen molar-refractivity contribution < 1.29 is 19.3 Å². The third-order valence-corrected chi connectivity index (χ3v) is 6.12. The molecule has 0 spiro atoms. The van der Waals surface area contributed by atoms with Crippen LogP contribution >= 0.6 is 11.8 Å². The number of hydrogen-bond acceptors (Lipinski definition) is 6. The van der Waals surface area contributed by atoms with Crippen molar-refractivity contribution in [2.75, 3.05) is 11.9 Å². The van der Waals surface area contributed by atoms with Gasteiger partial charge in [0.1, 0.15) is 6.54 Å². The van der Waals surface area contributed by atoms with Crippen LogP contribution in [-0.4, -0.2) is 38.0 Å². The first-order chi connectivity index (χ1) is 16.2. The molecule has 0 atom stereocenters. The molecular weight excluding hydrogens is 456 g/mol. The van der Waals surface area contributed by atoms with E-state index in [1.165, 1.54) is 18.2 Å². The van der Waals surface area contributed by atoms with Gasteiger partial charge in [-0.2, -0.15) is 0 Å². The van der Waals surface area contributed by atoms with Crippen molar-refractivity contribution in [3.05, 3.63) is 92.6 Å². The van der Waals surface area contributed by atoms with E-state index < -0.39 is 28.5 Å². The fourth-order valence-corrected chi connectivity index (χ4v) is 4.38. The Kier molecular flexibility index (Phi) is 6.33. The van der Waals surface area contributed by atoms with Gasteiger partial charge in [0.25, 0.3) is 16.8 Å². The van der Waals surface area contributed by atoms with Crippen molar-refractivity contribution in [2.24, 2.45) is 0 Å². The molecule has 3 amide bonds. The van der Waals surface area contributed by atoms with E-state index >= 15 is 0 Å². The molecule has 0 aliphatic carbocycles. The van der Waals surface area contributed by atoms with Gasteiger partial charge in [-0.1, -0.05) is 23.8 Å². The molecule has 172 valence electrons. The zero-order valence-electron chi connectivity index (χ0n) is 18.3. The topological polar surface area (TPSA) is 115 Å². The minimum absolute atomic E-state index is 0.0627. The Hall–Kier alpha value is -4.18. The first-order valence-corrected chi connectivity index (χ1v) is 11.1. The van der Waals surface area contributed by atoms with Crippen LogP contribution in [0.25, 0.3) is 11.8 Å². The van der Waals surface area contributed by atoms with E-state index in [0.717, 1.165) is 27.8 Å². The molecule has 0 unspecified atom stereocenters. The highest BCUT2D eigenvalue weighted by molar-refractivity contribution is 8.18. The van der Waals surface area contributed by atoms with E-state index in [0.29, 0.717) is 17.1 Å². The molecule has 1 N–H and O–H groups in total. The molecule has 4 rings (SSSR count). The van der Waals surface area contributed by atoms with E-state index in [9.17, 15) is 24.5 Å². The van der Waals surface area contributed by atoms with Gasteiger partial charge < -0.3 is 9.88 Å². The number of hydrogen-bond donors (Lipinski definition) is 1. The summed E-state index contributed by atoms with van der Waals surface area (Å²) in [5, 5.41) is 13.3. The Morgan fingerprint density at radius 3 is 2.65 bits per heavy atom. The maximum absolute atomic E-state index is 12.9. The predicted octanol–water partition coefficient (Wildman–Crippen LogP) is 4.68. The average molecular weight is 477 g/mol. The number of imide groups is 1. The van der Waals surface area contributed by atoms with Gasteiger partial charge in [-0.25, -0.2) is 0 Å². The van der Waals surface area contributed by atoms with Gasteiger partial charge >= 0.3 is 0 Å². The number of amides is 3. The second kappa shape index (κ2) is 9.36. The fourth-order valence-electron chi connectivity index (χ4n) is 3.56. The summed E-state index contributed by atoms with van der Waals surface area (Å²) in [6, 6.07) is 15.1. The standard InChI is InChI=1S/C24H20N4O5S/c1-15-8-9-20(16(2)11-15)25-22(29)14-27-23(30)21(34-24(27)31)13-18-7-4-10-26(18)17-5-3-6-19(12-17)28(32)33/h3-13H,14H2,1-2H3,(H,25,29)/b21-13-. The lowest BCUT2D eigenvalue weighted by Gasteiger charge is -2.14. The van der Waals surface area contributed by atoms with Crippen molar-refractivity contribution in [2.45, 2.75) is 13.8 Å². The summed E-state index contributed by atoms with van der Waals surface area (Å²) in [5.41, 5.74) is 3.59. The summed E-state index contributed by atoms with van der Waals surface area (Å²) in [4.78, 5) is 49.5. The van der Waals surface area contributed by atoms with Gasteiger partial charge in [0.05, 0.1) is 15.5 Å². The number of thioether (sulfide) groups is 1. The van der Waals surface area contributed by atoms with Crippen LogP contribution in [0.15, 0.2) is 65.7 Å². The molecule has 1 saturated heterocycles. The molecule has 0 bridgehead atoms. The van der Waals surface area contributed by atoms with Gasteiger partial charge in [-0.15, -0.1) is 0 Å². The quantitative estimate of drug-likeness (QED) is 0.314. The molecule has 3 aromatic rings. The van der Waals surface area contributed by atoms with Crippen molar-refractivity contribution in [1.82, 2.24) is 9.47 Å². The molecule has 9 nitrogen and oxygen atoms in total. The number of aryl methyl sites for hydroxylation is 2. The van der Waals surface area contributed by atoms with Crippen LogP contribution in [0.3, 0.4) is 0 Å². The maximum atomic E-state index is 12.9. The summed E-state index contributed by atoms with van der Waals surface area (Å²) >= 11 is 0.742. The summed E-state index contributed by atoms with van der Waals surface area (Å²) in [7, 11) is 0. The second-order valence-electron chi connectivity index (χ2n) is 7.71. The van der Waals surface area contributed by atoms with Crippen LogP contribution < -0.4 is 5.32 Å². The fraction of sp³-hybridized carbons (Fsp3) is 0.125. The van der Waals surface area contributed by atoms with Gasteiger partial charge in [0.2, 0.25) is 5.91 Å². The zero-order valence-corrected chi connectivity index (χ0v) is 19.2. The number of nitro benzene ring substituents is 1. The molecule has 2 aromatic carbocycles. The molecule has 34 heavy (non-hydrogen) atoms. The number of anilines is 1. The van der Waals surface area contributed by atoms with E-state index in [4.69, 9.17) is 0 Å². The van der Waals surface area contributed by atoms with Crippen LogP contribution in [0.2, 0.25) is 0 Å². The predicted molar refractivity (Wildman–Crippen MR) is 130 cm³/mol. The molecule has 1 aliphatic heterocycles. The Morgan fingerprint density at radius 2 is 1.91 bits per heavy atom. The number of benzene rings is 2. The van der Waals surface area contributed by atoms with E-state index in [1.807, 2.05) is 26.0 Å². The van der Waals surface area contributed by atoms with Gasteiger partial charge in [-0.3, -0.25) is 29.4 Å². The molecule has 1 aromatic heterocycles. The molecule has 1 fully saturated rings. The Bertz CT molecular complexity index is 1360. The van der Waals surface area contributed by atoms with Crippen molar-refractivity contribution >= 4 is 46.3 Å². The van der Waals surface area contributed by atoms with E-state index in [2.05, 4.69) is 5.32 Å². The van der Waals surface area contributed by atoms with Crippen LogP contribution in [0.1, 0.15) is 16.8 Å². The molecular formula is C24H20N4O5S. The number of carbonyl (C=O) groups is 3. The van der Waals surface area contributed by atoms with Crippen molar-refractivity contribution in [3.8, 4) is 5.69 Å². The third kappa shape index (κ3) is 4.76. The summed E-state index contributed by atoms with van der Waals surface area (Å²) in [6.07, 6.45) is 3.23. The summed E-state index contributed by atoms with van der Waals surface area (Å²) in [6.45, 7) is 3.41. The highest BCUT2D eigenvalue weighted by atomic mass is 32.2. The molecule has 10 heteroatoms. The number of nitrogens with one attached hydrogen (secondary N) is 1. The molecule has 2 heterocycles. The molecule has 0 saturated carbocycles. The van der Waals surface area contributed by atoms with Crippen molar-refractivity contribution in [3.63, 3.8) is 0 Å². The summed E-state index contributed by atoms with van der Waals surface area (Å²) in [5.74, 6) is -1.05. The number of nitro groups is 1. The molecule has 0 radical (unpaired) electrons. The normalized spacial score (nSPS) is 14.6. The van der Waals surface area contributed by atoms with Crippen LogP contribution in [0.4, 0.5) is 16.2 Å². The second-order valence-corrected chi connectivity index (χ2v) is 8.71. The van der Waals surface area contributed by atoms with E-state index in [1.54, 1.807) is 41.1 Å². The lowest BCUT2D eigenvalue weighted by Crippen LogP contribution is -2.36. The largest absolute Gasteiger partial charge is 0.324 e. The number of rotatable bonds is 6. The van der Waals surface area contributed by atoms with Crippen LogP contribution in [-0.2, 0) is 9.59 Å². The average Bonchev–Trinajstić information content (AvgIpc) is 3.36. The summed E-state index contributed by atoms with van der Waals surface area (Å²) < 4.78 is 1.67. The monoisotopic (exact) mass is 476 g/mol. The van der Waals surface area contributed by atoms with Crippen LogP contribution in [0.5, 0.6) is 0 Å². The van der Waals surface area contributed by atoms with Crippen LogP contribution in [0, 0.1) is 24.0 Å². The first-order valence-electron chi connectivity index (χ1n) is 10.3. The Morgan fingerprint density at radius 1 is 1.12 bits per heavy atom. The highest BCUT2D eigenvalue weighted by Gasteiger charge is 2.36. The van der Waals surface area contributed by atoms with Crippen molar-refractivity contribution in [1.29, 1.82) is 0 Å². The van der Waals surface area contributed by atoms with Gasteiger partial charge in [0, 0.05) is 29.7 Å². The lowest BCUT2D eigenvalue weighted by atomic mass is 10.1. The minimum atomic E-state index is -0.572.